The average Bonchev–Trinajstić information content (AvgIpc) is 2.89. The van der Waals surface area contributed by atoms with Crippen molar-refractivity contribution in [1.82, 2.24) is 10.7 Å². The van der Waals surface area contributed by atoms with Gasteiger partial charge in [0, 0.05) is 17.2 Å². The molecule has 11 heteroatoms. The molecule has 0 spiro atoms. The fraction of sp³-hybridized carbons (Fsp3) is 0.0800. The number of hydrogen-bond donors (Lipinski definition) is 3. The Hall–Kier alpha value is -5.19. The van der Waals surface area contributed by atoms with Crippen LogP contribution in [-0.4, -0.2) is 42.3 Å². The number of benzene rings is 3. The molecule has 36 heavy (non-hydrogen) atoms. The van der Waals surface area contributed by atoms with Gasteiger partial charge in [-0.05, 0) is 48.0 Å². The fourth-order valence-corrected chi connectivity index (χ4v) is 3.04. The van der Waals surface area contributed by atoms with Gasteiger partial charge < -0.3 is 19.9 Å². The van der Waals surface area contributed by atoms with E-state index in [1.807, 2.05) is 0 Å². The Kier molecular flexibility index (Phi) is 8.33. The summed E-state index contributed by atoms with van der Waals surface area (Å²) in [7, 11) is 2.96. The molecule has 3 aromatic carbocycles. The van der Waals surface area contributed by atoms with Crippen LogP contribution >= 0.6 is 0 Å². The van der Waals surface area contributed by atoms with Crippen molar-refractivity contribution in [3.05, 3.63) is 99.2 Å². The molecule has 11 nitrogen and oxygen atoms in total. The summed E-state index contributed by atoms with van der Waals surface area (Å²) < 4.78 is 10.5. The van der Waals surface area contributed by atoms with Crippen molar-refractivity contribution in [1.29, 1.82) is 0 Å². The van der Waals surface area contributed by atoms with E-state index in [1.165, 1.54) is 26.4 Å². The lowest BCUT2D eigenvalue weighted by molar-refractivity contribution is -0.385. The highest BCUT2D eigenvalue weighted by atomic mass is 16.6. The Morgan fingerprint density at radius 1 is 0.972 bits per heavy atom. The SMILES string of the molecule is COc1ccc(C=C(NC(=O)c2ccccc2)C(=O)NN=Cc2ccc(O)c([N+](=O)[O-])c2)cc1OC. The molecular formula is C25H22N4O7. The van der Waals surface area contributed by atoms with E-state index in [2.05, 4.69) is 15.8 Å². The smallest absolute Gasteiger partial charge is 0.311 e. The molecule has 3 rings (SSSR count). The van der Waals surface area contributed by atoms with E-state index >= 15 is 0 Å². The second-order valence-electron chi connectivity index (χ2n) is 7.20. The molecule has 0 aromatic heterocycles. The minimum Gasteiger partial charge on any atom is -0.502 e. The average molecular weight is 490 g/mol. The first-order chi connectivity index (χ1) is 17.3. The van der Waals surface area contributed by atoms with Gasteiger partial charge in [0.1, 0.15) is 5.70 Å². The van der Waals surface area contributed by atoms with E-state index in [1.54, 1.807) is 48.5 Å². The monoisotopic (exact) mass is 490 g/mol. The number of rotatable bonds is 9. The molecule has 0 fully saturated rings. The summed E-state index contributed by atoms with van der Waals surface area (Å²) in [4.78, 5) is 35.8. The lowest BCUT2D eigenvalue weighted by Crippen LogP contribution is -2.32. The van der Waals surface area contributed by atoms with Crippen LogP contribution in [0.5, 0.6) is 17.2 Å². The zero-order valence-corrected chi connectivity index (χ0v) is 19.3. The molecule has 0 bridgehead atoms. The number of carbonyl (C=O) groups excluding carboxylic acids is 2. The maximum Gasteiger partial charge on any atom is 0.311 e. The maximum absolute atomic E-state index is 12.9. The minimum absolute atomic E-state index is 0.120. The molecule has 0 radical (unpaired) electrons. The highest BCUT2D eigenvalue weighted by molar-refractivity contribution is 6.05. The number of aromatic hydroxyl groups is 1. The van der Waals surface area contributed by atoms with Gasteiger partial charge in [0.05, 0.1) is 25.4 Å². The summed E-state index contributed by atoms with van der Waals surface area (Å²) in [5.41, 5.74) is 2.79. The molecule has 0 aliphatic heterocycles. The molecule has 0 unspecified atom stereocenters. The number of amides is 2. The van der Waals surface area contributed by atoms with Crippen molar-refractivity contribution in [3.8, 4) is 17.2 Å². The summed E-state index contributed by atoms with van der Waals surface area (Å²) in [6, 6.07) is 16.9. The standard InChI is InChI=1S/C25H22N4O7/c1-35-22-11-9-16(14-23(22)36-2)12-19(27-24(31)18-6-4-3-5-7-18)25(32)28-26-15-17-8-10-21(30)20(13-17)29(33)34/h3-15,30H,1-2H3,(H,27,31)(H,28,32). The number of hydrogen-bond acceptors (Lipinski definition) is 8. The molecule has 0 aliphatic rings. The molecule has 0 saturated carbocycles. The van der Waals surface area contributed by atoms with Crippen LogP contribution in [0.25, 0.3) is 6.08 Å². The van der Waals surface area contributed by atoms with Crippen LogP contribution in [0.15, 0.2) is 77.5 Å². The minimum atomic E-state index is -0.751. The number of nitrogens with one attached hydrogen (secondary N) is 2. The largest absolute Gasteiger partial charge is 0.502 e. The van der Waals surface area contributed by atoms with Gasteiger partial charge in [0.2, 0.25) is 0 Å². The first-order valence-electron chi connectivity index (χ1n) is 10.4. The maximum atomic E-state index is 12.9. The number of nitro groups is 1. The zero-order valence-electron chi connectivity index (χ0n) is 19.3. The number of nitro benzene ring substituents is 1. The Bertz CT molecular complexity index is 1340. The second-order valence-corrected chi connectivity index (χ2v) is 7.20. The first kappa shape index (κ1) is 25.4. The van der Waals surface area contributed by atoms with Crippen LogP contribution in [0.1, 0.15) is 21.5 Å². The highest BCUT2D eigenvalue weighted by Gasteiger charge is 2.16. The molecule has 0 atom stereocenters. The van der Waals surface area contributed by atoms with Gasteiger partial charge >= 0.3 is 5.69 Å². The lowest BCUT2D eigenvalue weighted by Gasteiger charge is -2.11. The number of ether oxygens (including phenoxy) is 2. The number of hydrazone groups is 1. The van der Waals surface area contributed by atoms with E-state index in [-0.39, 0.29) is 11.3 Å². The van der Waals surface area contributed by atoms with Gasteiger partial charge in [-0.15, -0.1) is 0 Å². The predicted molar refractivity (Wildman–Crippen MR) is 132 cm³/mol. The van der Waals surface area contributed by atoms with Gasteiger partial charge in [0.15, 0.2) is 17.2 Å². The van der Waals surface area contributed by atoms with Gasteiger partial charge in [-0.1, -0.05) is 24.3 Å². The van der Waals surface area contributed by atoms with Crippen molar-refractivity contribution in [3.63, 3.8) is 0 Å². The third-order valence-electron chi connectivity index (χ3n) is 4.82. The Labute approximate surface area is 205 Å². The third-order valence-corrected chi connectivity index (χ3v) is 4.82. The molecule has 0 heterocycles. The van der Waals surface area contributed by atoms with Gasteiger partial charge in [-0.3, -0.25) is 19.7 Å². The van der Waals surface area contributed by atoms with Crippen molar-refractivity contribution < 1.29 is 29.1 Å². The van der Waals surface area contributed by atoms with Gasteiger partial charge in [-0.2, -0.15) is 5.10 Å². The molecule has 2 amide bonds. The quantitative estimate of drug-likeness (QED) is 0.180. The number of phenols is 1. The topological polar surface area (TPSA) is 152 Å². The van der Waals surface area contributed by atoms with Crippen molar-refractivity contribution in [2.75, 3.05) is 14.2 Å². The molecule has 0 aliphatic carbocycles. The van der Waals surface area contributed by atoms with Gasteiger partial charge in [0.25, 0.3) is 11.8 Å². The zero-order chi connectivity index (χ0) is 26.1. The third kappa shape index (κ3) is 6.44. The van der Waals surface area contributed by atoms with Crippen LogP contribution < -0.4 is 20.2 Å². The predicted octanol–water partition coefficient (Wildman–Crippen LogP) is 3.24. The van der Waals surface area contributed by atoms with E-state index in [0.29, 0.717) is 22.6 Å². The Balaban J connectivity index is 1.87. The fourth-order valence-electron chi connectivity index (χ4n) is 3.04. The Morgan fingerprint density at radius 2 is 1.67 bits per heavy atom. The number of nitrogens with zero attached hydrogens (tertiary/aromatic N) is 2. The summed E-state index contributed by atoms with van der Waals surface area (Å²) in [5, 5.41) is 26.9. The molecular weight excluding hydrogens is 468 g/mol. The van der Waals surface area contributed by atoms with E-state index in [4.69, 9.17) is 9.47 Å². The van der Waals surface area contributed by atoms with Crippen LogP contribution in [0.4, 0.5) is 5.69 Å². The summed E-state index contributed by atoms with van der Waals surface area (Å²) in [6.07, 6.45) is 2.59. The second kappa shape index (κ2) is 11.8. The molecule has 3 aromatic rings. The van der Waals surface area contributed by atoms with Crippen LogP contribution in [0, 0.1) is 10.1 Å². The van der Waals surface area contributed by atoms with E-state index in [9.17, 15) is 24.8 Å². The van der Waals surface area contributed by atoms with Crippen molar-refractivity contribution in [2.45, 2.75) is 0 Å². The Morgan fingerprint density at radius 3 is 2.33 bits per heavy atom. The van der Waals surface area contributed by atoms with Gasteiger partial charge in [-0.25, -0.2) is 5.43 Å². The van der Waals surface area contributed by atoms with E-state index in [0.717, 1.165) is 18.3 Å². The van der Waals surface area contributed by atoms with E-state index < -0.39 is 28.2 Å². The summed E-state index contributed by atoms with van der Waals surface area (Å²) in [5.74, 6) is -0.854. The molecule has 0 saturated heterocycles. The van der Waals surface area contributed by atoms with Crippen molar-refractivity contribution in [2.24, 2.45) is 5.10 Å². The van der Waals surface area contributed by atoms with Crippen LogP contribution in [0.3, 0.4) is 0 Å². The number of methoxy groups -OCH3 is 2. The first-order valence-corrected chi connectivity index (χ1v) is 10.4. The molecule has 3 N–H and O–H groups in total. The normalized spacial score (nSPS) is 11.1. The summed E-state index contributed by atoms with van der Waals surface area (Å²) >= 11 is 0. The van der Waals surface area contributed by atoms with Crippen LogP contribution in [-0.2, 0) is 4.79 Å². The van der Waals surface area contributed by atoms with Crippen LogP contribution in [0.2, 0.25) is 0 Å². The highest BCUT2D eigenvalue weighted by Crippen LogP contribution is 2.28. The number of phenolic OH excluding ortho intramolecular Hbond substituents is 1. The lowest BCUT2D eigenvalue weighted by atomic mass is 10.1. The number of carbonyl (C=O) groups is 2. The summed E-state index contributed by atoms with van der Waals surface area (Å²) in [6.45, 7) is 0. The van der Waals surface area contributed by atoms with Crippen molar-refractivity contribution >= 4 is 29.8 Å². The molecule has 184 valence electrons.